The van der Waals surface area contributed by atoms with Crippen LogP contribution in [0.2, 0.25) is 0 Å². The van der Waals surface area contributed by atoms with Crippen LogP contribution in [0.1, 0.15) is 58.8 Å². The normalized spacial score (nSPS) is 42.3. The van der Waals surface area contributed by atoms with Gasteiger partial charge in [0.2, 0.25) is 6.41 Å². The maximum Gasteiger partial charge on any atom is 0.209 e. The minimum absolute atomic E-state index is 0.355. The highest BCUT2D eigenvalue weighted by molar-refractivity contribution is 5.55. The van der Waals surface area contributed by atoms with Crippen molar-refractivity contribution in [3.63, 3.8) is 0 Å². The van der Waals surface area contributed by atoms with Gasteiger partial charge >= 0.3 is 0 Å². The Morgan fingerprint density at radius 3 is 1.96 bits per heavy atom. The molecule has 24 heavy (non-hydrogen) atoms. The first-order valence-corrected chi connectivity index (χ1v) is 9.94. The molecule has 1 aliphatic heterocycles. The minimum atomic E-state index is 0.355. The molecule has 4 heteroatoms. The Morgan fingerprint density at radius 1 is 0.750 bits per heavy atom. The molecule has 4 fully saturated rings. The Balaban J connectivity index is 0.000000487. The molecule has 1 heterocycles. The van der Waals surface area contributed by atoms with Crippen molar-refractivity contribution in [2.75, 3.05) is 13.7 Å². The topological polar surface area (TPSA) is 57.6 Å². The van der Waals surface area contributed by atoms with Gasteiger partial charge in [-0.2, -0.15) is 0 Å². The van der Waals surface area contributed by atoms with Crippen molar-refractivity contribution in [1.29, 1.82) is 0 Å². The molecule has 1 saturated heterocycles. The second kappa shape index (κ2) is 8.98. The number of aliphatic hydroxyl groups excluding tert-OH is 1. The second-order valence-corrected chi connectivity index (χ2v) is 7.55. The van der Waals surface area contributed by atoms with E-state index in [9.17, 15) is 9.59 Å². The van der Waals surface area contributed by atoms with Crippen molar-refractivity contribution < 1.29 is 14.7 Å². The SMILES string of the molecule is CC.CO.O=CC1CCC2C1CCC1C2CCC2C1CCN2C=O. The van der Waals surface area contributed by atoms with E-state index in [1.54, 1.807) is 0 Å². The fraction of sp³-hybridized carbons (Fsp3) is 0.900. The monoisotopic (exact) mass is 337 g/mol. The van der Waals surface area contributed by atoms with Gasteiger partial charge in [-0.3, -0.25) is 4.79 Å². The van der Waals surface area contributed by atoms with Gasteiger partial charge < -0.3 is 14.8 Å². The third kappa shape index (κ3) is 3.26. The first-order valence-electron chi connectivity index (χ1n) is 9.94. The van der Waals surface area contributed by atoms with E-state index in [1.165, 1.54) is 44.8 Å². The number of carbonyl (C=O) groups excluding carboxylic acids is 2. The number of aliphatic hydroxyl groups is 1. The van der Waals surface area contributed by atoms with E-state index < -0.39 is 0 Å². The number of amides is 1. The Hall–Kier alpha value is -0.900. The Morgan fingerprint density at radius 2 is 1.29 bits per heavy atom. The number of hydrogen-bond donors (Lipinski definition) is 1. The largest absolute Gasteiger partial charge is 0.400 e. The molecule has 7 unspecified atom stereocenters. The molecule has 3 saturated carbocycles. The molecule has 0 radical (unpaired) electrons. The molecular weight excluding hydrogens is 302 g/mol. The summed E-state index contributed by atoms with van der Waals surface area (Å²) in [6.45, 7) is 4.98. The first kappa shape index (κ1) is 19.4. The maximum absolute atomic E-state index is 11.2. The average Bonchev–Trinajstić information content (AvgIpc) is 3.28. The standard InChI is InChI=1S/C17H25NO2.C2H6.CH4O/c19-9-11-1-2-13-12(11)3-4-15-14(13)5-6-17-16(15)7-8-18(17)10-20;2*1-2/h9-17H,1-8H2;1-2H3;2H,1H3. The van der Waals surface area contributed by atoms with Gasteiger partial charge in [-0.15, -0.1) is 0 Å². The lowest BCUT2D eigenvalue weighted by Gasteiger charge is -2.49. The minimum Gasteiger partial charge on any atom is -0.400 e. The highest BCUT2D eigenvalue weighted by Gasteiger charge is 2.52. The van der Waals surface area contributed by atoms with E-state index >= 15 is 0 Å². The third-order valence-corrected chi connectivity index (χ3v) is 7.16. The van der Waals surface area contributed by atoms with Gasteiger partial charge in [-0.25, -0.2) is 0 Å². The zero-order valence-electron chi connectivity index (χ0n) is 15.6. The summed E-state index contributed by atoms with van der Waals surface area (Å²) >= 11 is 0. The van der Waals surface area contributed by atoms with Gasteiger partial charge in [0.1, 0.15) is 6.29 Å². The summed E-state index contributed by atoms with van der Waals surface area (Å²) in [5.41, 5.74) is 0. The fourth-order valence-electron chi connectivity index (χ4n) is 6.41. The summed E-state index contributed by atoms with van der Waals surface area (Å²) in [5, 5.41) is 7.00. The van der Waals surface area contributed by atoms with Crippen molar-refractivity contribution in [3.8, 4) is 0 Å². The lowest BCUT2D eigenvalue weighted by molar-refractivity contribution is -0.121. The Kier molecular flexibility index (Phi) is 7.27. The molecule has 1 amide bonds. The predicted octanol–water partition coefficient (Wildman–Crippen LogP) is 3.13. The zero-order valence-corrected chi connectivity index (χ0v) is 15.6. The van der Waals surface area contributed by atoms with Crippen LogP contribution in [0.3, 0.4) is 0 Å². The van der Waals surface area contributed by atoms with Gasteiger partial charge in [0.15, 0.2) is 0 Å². The predicted molar refractivity (Wildman–Crippen MR) is 95.4 cm³/mol. The average molecular weight is 338 g/mol. The van der Waals surface area contributed by atoms with Crippen LogP contribution in [-0.4, -0.2) is 42.4 Å². The highest BCUT2D eigenvalue weighted by atomic mass is 16.2. The summed E-state index contributed by atoms with van der Waals surface area (Å²) in [5.74, 6) is 4.31. The molecule has 0 spiro atoms. The summed E-state index contributed by atoms with van der Waals surface area (Å²) in [7, 11) is 1.00. The van der Waals surface area contributed by atoms with E-state index in [0.717, 1.165) is 50.2 Å². The number of carbonyl (C=O) groups is 2. The molecule has 0 bridgehead atoms. The molecular formula is C20H35NO3. The molecule has 4 aliphatic rings. The molecule has 0 aromatic carbocycles. The highest BCUT2D eigenvalue weighted by Crippen LogP contribution is 2.57. The van der Waals surface area contributed by atoms with Crippen molar-refractivity contribution in [1.82, 2.24) is 4.90 Å². The summed E-state index contributed by atoms with van der Waals surface area (Å²) < 4.78 is 0. The van der Waals surface area contributed by atoms with Crippen molar-refractivity contribution in [2.45, 2.75) is 64.8 Å². The van der Waals surface area contributed by atoms with Crippen LogP contribution in [-0.2, 0) is 9.59 Å². The number of hydrogen-bond acceptors (Lipinski definition) is 3. The van der Waals surface area contributed by atoms with Gasteiger partial charge in [-0.05, 0) is 74.5 Å². The van der Waals surface area contributed by atoms with Gasteiger partial charge in [0.05, 0.1) is 0 Å². The lowest BCUT2D eigenvalue weighted by atomic mass is 9.57. The number of fused-ring (bicyclic) bond motifs is 5. The van der Waals surface area contributed by atoms with Crippen LogP contribution in [0.5, 0.6) is 0 Å². The lowest BCUT2D eigenvalue weighted by Crippen LogP contribution is -2.46. The number of likely N-dealkylation sites (tertiary alicyclic amines) is 1. The Bertz CT molecular complexity index is 376. The van der Waals surface area contributed by atoms with Crippen LogP contribution >= 0.6 is 0 Å². The molecule has 0 aromatic rings. The van der Waals surface area contributed by atoms with Crippen LogP contribution < -0.4 is 0 Å². The fourth-order valence-corrected chi connectivity index (χ4v) is 6.41. The van der Waals surface area contributed by atoms with Crippen LogP contribution in [0.4, 0.5) is 0 Å². The van der Waals surface area contributed by atoms with E-state index in [-0.39, 0.29) is 0 Å². The number of nitrogens with zero attached hydrogens (tertiary/aromatic N) is 1. The van der Waals surface area contributed by atoms with Crippen molar-refractivity contribution in [3.05, 3.63) is 0 Å². The smallest absolute Gasteiger partial charge is 0.209 e. The quantitative estimate of drug-likeness (QED) is 0.788. The second-order valence-electron chi connectivity index (χ2n) is 7.55. The molecule has 138 valence electrons. The van der Waals surface area contributed by atoms with Gasteiger partial charge in [0, 0.05) is 25.6 Å². The first-order chi connectivity index (χ1) is 11.8. The molecule has 3 aliphatic carbocycles. The molecule has 4 nitrogen and oxygen atoms in total. The van der Waals surface area contributed by atoms with Crippen molar-refractivity contribution >= 4 is 12.7 Å². The maximum atomic E-state index is 11.2. The summed E-state index contributed by atoms with van der Waals surface area (Å²) in [6.07, 6.45) is 11.0. The number of aldehydes is 1. The van der Waals surface area contributed by atoms with Gasteiger partial charge in [-0.1, -0.05) is 13.8 Å². The zero-order chi connectivity index (χ0) is 17.7. The van der Waals surface area contributed by atoms with E-state index in [1.807, 2.05) is 13.8 Å². The number of rotatable bonds is 2. The molecule has 0 aromatic heterocycles. The third-order valence-electron chi connectivity index (χ3n) is 7.16. The molecule has 1 N–H and O–H groups in total. The van der Waals surface area contributed by atoms with Crippen molar-refractivity contribution in [2.24, 2.45) is 35.5 Å². The van der Waals surface area contributed by atoms with Crippen LogP contribution in [0, 0.1) is 35.5 Å². The van der Waals surface area contributed by atoms with E-state index in [0.29, 0.717) is 17.9 Å². The molecule has 7 atom stereocenters. The summed E-state index contributed by atoms with van der Waals surface area (Å²) in [4.78, 5) is 24.5. The summed E-state index contributed by atoms with van der Waals surface area (Å²) in [6, 6.07) is 0.536. The molecule has 4 rings (SSSR count). The van der Waals surface area contributed by atoms with E-state index in [4.69, 9.17) is 5.11 Å². The van der Waals surface area contributed by atoms with Crippen LogP contribution in [0.15, 0.2) is 0 Å². The van der Waals surface area contributed by atoms with Gasteiger partial charge in [0.25, 0.3) is 0 Å². The van der Waals surface area contributed by atoms with Crippen LogP contribution in [0.25, 0.3) is 0 Å². The Labute approximate surface area is 147 Å². The van der Waals surface area contributed by atoms with E-state index in [2.05, 4.69) is 4.90 Å².